The Morgan fingerprint density at radius 2 is 2.28 bits per heavy atom. The first-order valence-electron chi connectivity index (χ1n) is 6.25. The molecule has 1 aromatic rings. The lowest BCUT2D eigenvalue weighted by Gasteiger charge is -2.32. The highest BCUT2D eigenvalue weighted by Gasteiger charge is 2.33. The number of aliphatic carboxylic acids is 1. The van der Waals surface area contributed by atoms with Crippen LogP contribution in [0.4, 0.5) is 0 Å². The first-order valence-corrected chi connectivity index (χ1v) is 6.25. The van der Waals surface area contributed by atoms with Gasteiger partial charge in [0.1, 0.15) is 11.8 Å². The number of carboxylic acid groups (broad SMARTS) is 1. The van der Waals surface area contributed by atoms with Crippen LogP contribution in [0.2, 0.25) is 0 Å². The molecule has 0 saturated carbocycles. The number of nitrogens with zero attached hydrogens (tertiary/aromatic N) is 1. The fourth-order valence-electron chi connectivity index (χ4n) is 2.39. The van der Waals surface area contributed by atoms with Crippen LogP contribution in [0.25, 0.3) is 0 Å². The summed E-state index contributed by atoms with van der Waals surface area (Å²) in [7, 11) is 0. The van der Waals surface area contributed by atoms with E-state index < -0.39 is 12.0 Å². The minimum atomic E-state index is -0.926. The second-order valence-electron chi connectivity index (χ2n) is 4.46. The van der Waals surface area contributed by atoms with E-state index in [1.807, 2.05) is 6.92 Å². The molecule has 1 aromatic heterocycles. The van der Waals surface area contributed by atoms with Crippen molar-refractivity contribution in [2.75, 3.05) is 6.54 Å². The Hall–Kier alpha value is -1.78. The van der Waals surface area contributed by atoms with E-state index in [-0.39, 0.29) is 5.91 Å². The predicted molar refractivity (Wildman–Crippen MR) is 64.4 cm³/mol. The third kappa shape index (κ3) is 2.25. The van der Waals surface area contributed by atoms with Gasteiger partial charge in [0.15, 0.2) is 0 Å². The maximum Gasteiger partial charge on any atom is 0.326 e. The van der Waals surface area contributed by atoms with Gasteiger partial charge in [-0.3, -0.25) is 4.79 Å². The quantitative estimate of drug-likeness (QED) is 0.891. The summed E-state index contributed by atoms with van der Waals surface area (Å²) in [6.07, 6.45) is 4.34. The van der Waals surface area contributed by atoms with Crippen LogP contribution in [-0.4, -0.2) is 34.5 Å². The number of hydrogen-bond acceptors (Lipinski definition) is 3. The largest absolute Gasteiger partial charge is 0.480 e. The summed E-state index contributed by atoms with van der Waals surface area (Å²) in [4.78, 5) is 25.0. The van der Waals surface area contributed by atoms with Crippen LogP contribution in [0, 0.1) is 0 Å². The Balaban J connectivity index is 2.23. The molecule has 2 heterocycles. The molecule has 5 nitrogen and oxygen atoms in total. The topological polar surface area (TPSA) is 70.8 Å². The minimum Gasteiger partial charge on any atom is -0.480 e. The summed E-state index contributed by atoms with van der Waals surface area (Å²) >= 11 is 0. The molecule has 2 rings (SSSR count). The molecule has 1 aliphatic rings. The highest BCUT2D eigenvalue weighted by molar-refractivity contribution is 5.97. The summed E-state index contributed by atoms with van der Waals surface area (Å²) in [6, 6.07) is 0.917. The van der Waals surface area contributed by atoms with Crippen molar-refractivity contribution in [3.8, 4) is 0 Å². The van der Waals surface area contributed by atoms with E-state index in [1.54, 1.807) is 6.07 Å². The van der Waals surface area contributed by atoms with Gasteiger partial charge < -0.3 is 14.4 Å². The van der Waals surface area contributed by atoms with E-state index in [1.165, 1.54) is 11.2 Å². The molecule has 1 aliphatic heterocycles. The summed E-state index contributed by atoms with van der Waals surface area (Å²) in [5, 5.41) is 9.16. The van der Waals surface area contributed by atoms with Crippen LogP contribution in [0.3, 0.4) is 0 Å². The summed E-state index contributed by atoms with van der Waals surface area (Å²) < 4.78 is 5.23. The first kappa shape index (κ1) is 12.7. The lowest BCUT2D eigenvalue weighted by atomic mass is 10.0. The van der Waals surface area contributed by atoms with Gasteiger partial charge in [-0.25, -0.2) is 4.79 Å². The van der Waals surface area contributed by atoms with Gasteiger partial charge in [-0.2, -0.15) is 0 Å². The molecule has 0 spiro atoms. The van der Waals surface area contributed by atoms with Gasteiger partial charge in [0.25, 0.3) is 5.91 Å². The molecule has 98 valence electrons. The van der Waals surface area contributed by atoms with Crippen molar-refractivity contribution >= 4 is 11.9 Å². The van der Waals surface area contributed by atoms with Crippen LogP contribution in [0.15, 0.2) is 16.7 Å². The van der Waals surface area contributed by atoms with Crippen molar-refractivity contribution in [3.05, 3.63) is 23.7 Å². The summed E-state index contributed by atoms with van der Waals surface area (Å²) in [6.45, 7) is 2.41. The Labute approximate surface area is 105 Å². The number of carbonyl (C=O) groups is 2. The van der Waals surface area contributed by atoms with E-state index in [0.717, 1.165) is 12.8 Å². The molecule has 1 unspecified atom stereocenters. The lowest BCUT2D eigenvalue weighted by molar-refractivity contribution is -0.143. The highest BCUT2D eigenvalue weighted by atomic mass is 16.4. The average molecular weight is 251 g/mol. The standard InChI is InChI=1S/C13H17NO4/c1-2-11-9(6-8-18-11)12(15)14-7-4-3-5-10(14)13(16)17/h6,8,10H,2-5,7H2,1H3,(H,16,17). The molecule has 1 saturated heterocycles. The molecule has 18 heavy (non-hydrogen) atoms. The molecular formula is C13H17NO4. The van der Waals surface area contributed by atoms with Gasteiger partial charge in [0.05, 0.1) is 11.8 Å². The minimum absolute atomic E-state index is 0.229. The van der Waals surface area contributed by atoms with Gasteiger partial charge in [-0.15, -0.1) is 0 Å². The molecule has 1 fully saturated rings. The van der Waals surface area contributed by atoms with Gasteiger partial charge in [0.2, 0.25) is 0 Å². The number of hydrogen-bond donors (Lipinski definition) is 1. The van der Waals surface area contributed by atoms with Crippen molar-refractivity contribution < 1.29 is 19.1 Å². The first-order chi connectivity index (χ1) is 8.65. The van der Waals surface area contributed by atoms with Crippen LogP contribution < -0.4 is 0 Å². The number of carbonyl (C=O) groups excluding carboxylic acids is 1. The monoisotopic (exact) mass is 251 g/mol. The van der Waals surface area contributed by atoms with E-state index in [2.05, 4.69) is 0 Å². The molecular weight excluding hydrogens is 234 g/mol. The van der Waals surface area contributed by atoms with Gasteiger partial charge in [0, 0.05) is 13.0 Å². The number of rotatable bonds is 3. The molecule has 1 atom stereocenters. The fraction of sp³-hybridized carbons (Fsp3) is 0.538. The van der Waals surface area contributed by atoms with Crippen LogP contribution in [-0.2, 0) is 11.2 Å². The summed E-state index contributed by atoms with van der Waals surface area (Å²) in [5.74, 6) is -0.535. The molecule has 0 radical (unpaired) electrons. The lowest BCUT2D eigenvalue weighted by Crippen LogP contribution is -2.48. The van der Waals surface area contributed by atoms with Crippen molar-refractivity contribution in [3.63, 3.8) is 0 Å². The van der Waals surface area contributed by atoms with E-state index in [0.29, 0.717) is 30.7 Å². The Morgan fingerprint density at radius 1 is 1.50 bits per heavy atom. The second-order valence-corrected chi connectivity index (χ2v) is 4.46. The molecule has 0 aliphatic carbocycles. The van der Waals surface area contributed by atoms with Crippen molar-refractivity contribution in [1.82, 2.24) is 4.90 Å². The fourth-order valence-corrected chi connectivity index (χ4v) is 2.39. The van der Waals surface area contributed by atoms with Crippen molar-refractivity contribution in [2.45, 2.75) is 38.6 Å². The van der Waals surface area contributed by atoms with E-state index in [4.69, 9.17) is 9.52 Å². The van der Waals surface area contributed by atoms with Crippen LogP contribution in [0.5, 0.6) is 0 Å². The number of carboxylic acids is 1. The third-order valence-electron chi connectivity index (χ3n) is 3.35. The smallest absolute Gasteiger partial charge is 0.326 e. The maximum absolute atomic E-state index is 12.4. The third-order valence-corrected chi connectivity index (χ3v) is 3.35. The van der Waals surface area contributed by atoms with Gasteiger partial charge >= 0.3 is 5.97 Å². The number of furan rings is 1. The Bertz CT molecular complexity index is 452. The van der Waals surface area contributed by atoms with Crippen molar-refractivity contribution in [1.29, 1.82) is 0 Å². The van der Waals surface area contributed by atoms with Crippen molar-refractivity contribution in [2.24, 2.45) is 0 Å². The average Bonchev–Trinajstić information content (AvgIpc) is 2.86. The highest BCUT2D eigenvalue weighted by Crippen LogP contribution is 2.22. The summed E-state index contributed by atoms with van der Waals surface area (Å²) in [5.41, 5.74) is 0.491. The number of likely N-dealkylation sites (tertiary alicyclic amines) is 1. The zero-order valence-corrected chi connectivity index (χ0v) is 10.4. The number of aryl methyl sites for hydroxylation is 1. The Kier molecular flexibility index (Phi) is 3.69. The van der Waals surface area contributed by atoms with Crippen LogP contribution in [0.1, 0.15) is 42.3 Å². The number of amides is 1. The SMILES string of the molecule is CCc1occc1C(=O)N1CCCCC1C(=O)O. The van der Waals surface area contributed by atoms with Gasteiger partial charge in [-0.1, -0.05) is 6.92 Å². The zero-order valence-electron chi connectivity index (χ0n) is 10.4. The molecule has 0 aromatic carbocycles. The number of piperidine rings is 1. The van der Waals surface area contributed by atoms with Crippen LogP contribution >= 0.6 is 0 Å². The molecule has 5 heteroatoms. The maximum atomic E-state index is 12.4. The van der Waals surface area contributed by atoms with E-state index >= 15 is 0 Å². The van der Waals surface area contributed by atoms with E-state index in [9.17, 15) is 9.59 Å². The molecule has 1 N–H and O–H groups in total. The molecule has 0 bridgehead atoms. The zero-order chi connectivity index (χ0) is 13.1. The molecule has 1 amide bonds. The second kappa shape index (κ2) is 5.25. The Morgan fingerprint density at radius 3 is 2.94 bits per heavy atom. The predicted octanol–water partition coefficient (Wildman–Crippen LogP) is 1.92. The normalized spacial score (nSPS) is 19.8. The van der Waals surface area contributed by atoms with Gasteiger partial charge in [-0.05, 0) is 25.3 Å².